The van der Waals surface area contributed by atoms with Gasteiger partial charge in [-0.25, -0.2) is 9.78 Å². The number of hydrogen-bond donors (Lipinski definition) is 1. The third-order valence-electron chi connectivity index (χ3n) is 3.99. The van der Waals surface area contributed by atoms with Crippen LogP contribution in [0.2, 0.25) is 0 Å². The number of rotatable bonds is 5. The lowest BCUT2D eigenvalue weighted by molar-refractivity contribution is 0.164. The minimum Gasteiger partial charge on any atom is -0.473 e. The van der Waals surface area contributed by atoms with Crippen molar-refractivity contribution in [2.45, 2.75) is 19.1 Å². The molecule has 1 aromatic heterocycles. The molecule has 1 aromatic carbocycles. The van der Waals surface area contributed by atoms with Gasteiger partial charge in [-0.2, -0.15) is 0 Å². The van der Waals surface area contributed by atoms with Gasteiger partial charge in [0.2, 0.25) is 5.88 Å². The standard InChI is InChI=1S/C18H21N3O3/c1-21(16-8-10-23-13-16)18(22)20-15-7-9-19-17(11-15)24-12-14-5-3-2-4-6-14/h2-7,9,11,16H,8,10,12-13H2,1H3,(H,19,20,22). The SMILES string of the molecule is CN(C(=O)Nc1ccnc(OCc2ccccc2)c1)C1CCOC1. The van der Waals surface area contributed by atoms with Gasteiger partial charge in [0, 0.05) is 31.6 Å². The topological polar surface area (TPSA) is 63.7 Å². The van der Waals surface area contributed by atoms with Crippen LogP contribution in [-0.2, 0) is 11.3 Å². The number of carbonyl (C=O) groups is 1. The average molecular weight is 327 g/mol. The number of ether oxygens (including phenoxy) is 2. The maximum Gasteiger partial charge on any atom is 0.321 e. The number of nitrogens with one attached hydrogen (secondary N) is 1. The summed E-state index contributed by atoms with van der Waals surface area (Å²) in [6.07, 6.45) is 2.49. The molecule has 1 fully saturated rings. The number of amides is 2. The van der Waals surface area contributed by atoms with Crippen molar-refractivity contribution in [3.63, 3.8) is 0 Å². The van der Waals surface area contributed by atoms with E-state index in [9.17, 15) is 4.79 Å². The van der Waals surface area contributed by atoms with Crippen molar-refractivity contribution < 1.29 is 14.3 Å². The Morgan fingerprint density at radius 3 is 2.96 bits per heavy atom. The molecule has 2 amide bonds. The molecule has 1 atom stereocenters. The zero-order valence-corrected chi connectivity index (χ0v) is 13.6. The molecule has 0 spiro atoms. The highest BCUT2D eigenvalue weighted by Crippen LogP contribution is 2.17. The number of nitrogens with zero attached hydrogens (tertiary/aromatic N) is 2. The first-order valence-electron chi connectivity index (χ1n) is 7.97. The predicted molar refractivity (Wildman–Crippen MR) is 91.0 cm³/mol. The van der Waals surface area contributed by atoms with Gasteiger partial charge < -0.3 is 19.7 Å². The summed E-state index contributed by atoms with van der Waals surface area (Å²) in [5.41, 5.74) is 1.72. The van der Waals surface area contributed by atoms with Crippen LogP contribution in [0.15, 0.2) is 48.7 Å². The normalized spacial score (nSPS) is 16.6. The largest absolute Gasteiger partial charge is 0.473 e. The van der Waals surface area contributed by atoms with E-state index >= 15 is 0 Å². The number of urea groups is 1. The zero-order chi connectivity index (χ0) is 16.8. The van der Waals surface area contributed by atoms with E-state index in [1.807, 2.05) is 30.3 Å². The van der Waals surface area contributed by atoms with Gasteiger partial charge in [0.25, 0.3) is 0 Å². The van der Waals surface area contributed by atoms with E-state index in [4.69, 9.17) is 9.47 Å². The second-order valence-electron chi connectivity index (χ2n) is 5.72. The van der Waals surface area contributed by atoms with Crippen LogP contribution in [0.25, 0.3) is 0 Å². The molecule has 126 valence electrons. The molecule has 2 aromatic rings. The van der Waals surface area contributed by atoms with Crippen molar-refractivity contribution in [2.24, 2.45) is 0 Å². The van der Waals surface area contributed by atoms with E-state index < -0.39 is 0 Å². The molecule has 1 unspecified atom stereocenters. The summed E-state index contributed by atoms with van der Waals surface area (Å²) in [6.45, 7) is 1.73. The van der Waals surface area contributed by atoms with E-state index in [1.165, 1.54) is 0 Å². The summed E-state index contributed by atoms with van der Waals surface area (Å²) >= 11 is 0. The maximum atomic E-state index is 12.3. The lowest BCUT2D eigenvalue weighted by atomic mass is 10.2. The Morgan fingerprint density at radius 2 is 2.21 bits per heavy atom. The first-order chi connectivity index (χ1) is 11.7. The molecule has 0 aliphatic carbocycles. The predicted octanol–water partition coefficient (Wildman–Crippen LogP) is 2.91. The number of anilines is 1. The van der Waals surface area contributed by atoms with Crippen LogP contribution in [0, 0.1) is 0 Å². The highest BCUT2D eigenvalue weighted by atomic mass is 16.5. The Hall–Kier alpha value is -2.60. The van der Waals surface area contributed by atoms with E-state index in [0.29, 0.717) is 31.4 Å². The van der Waals surface area contributed by atoms with Crippen LogP contribution in [0.3, 0.4) is 0 Å². The summed E-state index contributed by atoms with van der Waals surface area (Å²) in [5.74, 6) is 0.475. The summed E-state index contributed by atoms with van der Waals surface area (Å²) in [6, 6.07) is 13.3. The number of pyridine rings is 1. The van der Waals surface area contributed by atoms with Crippen molar-refractivity contribution in [3.8, 4) is 5.88 Å². The molecule has 1 aliphatic rings. The second-order valence-corrected chi connectivity index (χ2v) is 5.72. The Morgan fingerprint density at radius 1 is 1.38 bits per heavy atom. The van der Waals surface area contributed by atoms with Crippen molar-refractivity contribution in [1.82, 2.24) is 9.88 Å². The Bertz CT molecular complexity index is 672. The van der Waals surface area contributed by atoms with Crippen molar-refractivity contribution in [2.75, 3.05) is 25.6 Å². The van der Waals surface area contributed by atoms with Crippen LogP contribution in [0.5, 0.6) is 5.88 Å². The van der Waals surface area contributed by atoms with Crippen LogP contribution in [-0.4, -0.2) is 42.2 Å². The first-order valence-corrected chi connectivity index (χ1v) is 7.97. The Balaban J connectivity index is 1.57. The van der Waals surface area contributed by atoms with Crippen molar-refractivity contribution in [1.29, 1.82) is 0 Å². The third kappa shape index (κ3) is 4.23. The molecule has 24 heavy (non-hydrogen) atoms. The zero-order valence-electron chi connectivity index (χ0n) is 13.6. The first kappa shape index (κ1) is 16.3. The summed E-state index contributed by atoms with van der Waals surface area (Å²) in [7, 11) is 1.78. The monoisotopic (exact) mass is 327 g/mol. The fourth-order valence-corrected chi connectivity index (χ4v) is 2.50. The molecule has 0 radical (unpaired) electrons. The van der Waals surface area contributed by atoms with Gasteiger partial charge in [-0.05, 0) is 18.1 Å². The van der Waals surface area contributed by atoms with Gasteiger partial charge in [0.1, 0.15) is 6.61 Å². The molecular weight excluding hydrogens is 306 g/mol. The summed E-state index contributed by atoms with van der Waals surface area (Å²) in [4.78, 5) is 18.1. The maximum absolute atomic E-state index is 12.3. The lowest BCUT2D eigenvalue weighted by Gasteiger charge is -2.23. The van der Waals surface area contributed by atoms with Gasteiger partial charge in [-0.1, -0.05) is 30.3 Å². The van der Waals surface area contributed by atoms with Gasteiger partial charge in [-0.3, -0.25) is 0 Å². The molecular formula is C18H21N3O3. The number of benzene rings is 1. The molecule has 0 bridgehead atoms. The Kier molecular flexibility index (Phi) is 5.28. The van der Waals surface area contributed by atoms with E-state index in [-0.39, 0.29) is 12.1 Å². The summed E-state index contributed by atoms with van der Waals surface area (Å²) < 4.78 is 11.0. The molecule has 6 nitrogen and oxygen atoms in total. The number of aromatic nitrogens is 1. The van der Waals surface area contributed by atoms with Gasteiger partial charge in [-0.15, -0.1) is 0 Å². The molecule has 0 saturated carbocycles. The number of likely N-dealkylation sites (N-methyl/N-ethyl adjacent to an activating group) is 1. The van der Waals surface area contributed by atoms with Crippen LogP contribution in [0.1, 0.15) is 12.0 Å². The fraction of sp³-hybridized carbons (Fsp3) is 0.333. The van der Waals surface area contributed by atoms with Gasteiger partial charge in [0.05, 0.1) is 12.6 Å². The summed E-state index contributed by atoms with van der Waals surface area (Å²) in [5, 5.41) is 2.87. The minimum absolute atomic E-state index is 0.126. The number of hydrogen-bond acceptors (Lipinski definition) is 4. The lowest BCUT2D eigenvalue weighted by Crippen LogP contribution is -2.40. The number of carbonyl (C=O) groups excluding carboxylic acids is 1. The van der Waals surface area contributed by atoms with Gasteiger partial charge in [0.15, 0.2) is 0 Å². The van der Waals surface area contributed by atoms with Crippen LogP contribution in [0.4, 0.5) is 10.5 Å². The van der Waals surface area contributed by atoms with Crippen LogP contribution < -0.4 is 10.1 Å². The highest BCUT2D eigenvalue weighted by molar-refractivity contribution is 5.89. The molecule has 3 rings (SSSR count). The quantitative estimate of drug-likeness (QED) is 0.917. The van der Waals surface area contributed by atoms with E-state index in [0.717, 1.165) is 12.0 Å². The molecule has 2 heterocycles. The molecule has 1 aliphatic heterocycles. The van der Waals surface area contributed by atoms with Crippen LogP contribution >= 0.6 is 0 Å². The minimum atomic E-state index is -0.161. The molecule has 1 saturated heterocycles. The average Bonchev–Trinajstić information content (AvgIpc) is 3.15. The Labute approximate surface area is 141 Å². The van der Waals surface area contributed by atoms with E-state index in [1.54, 1.807) is 30.3 Å². The van der Waals surface area contributed by atoms with Crippen molar-refractivity contribution >= 4 is 11.7 Å². The second kappa shape index (κ2) is 7.79. The fourth-order valence-electron chi connectivity index (χ4n) is 2.50. The smallest absolute Gasteiger partial charge is 0.321 e. The molecule has 6 heteroatoms. The van der Waals surface area contributed by atoms with Gasteiger partial charge >= 0.3 is 6.03 Å². The van der Waals surface area contributed by atoms with Crippen molar-refractivity contribution in [3.05, 3.63) is 54.2 Å². The van der Waals surface area contributed by atoms with E-state index in [2.05, 4.69) is 10.3 Å². The highest BCUT2D eigenvalue weighted by Gasteiger charge is 2.24. The molecule has 1 N–H and O–H groups in total. The third-order valence-corrected chi connectivity index (χ3v) is 3.99.